The van der Waals surface area contributed by atoms with Gasteiger partial charge in [-0.25, -0.2) is 4.79 Å². The molecular weight excluding hydrogens is 332 g/mol. The smallest absolute Gasteiger partial charge is 0.347 e. The van der Waals surface area contributed by atoms with Crippen LogP contribution in [0.2, 0.25) is 0 Å². The molecule has 0 N–H and O–H groups in total. The maximum atomic E-state index is 12.2. The first-order valence-electron chi connectivity index (χ1n) is 9.45. The van der Waals surface area contributed by atoms with Gasteiger partial charge in [0.25, 0.3) is 0 Å². The highest BCUT2D eigenvalue weighted by molar-refractivity contribution is 5.74. The van der Waals surface area contributed by atoms with Crippen LogP contribution in [0.25, 0.3) is 0 Å². The van der Waals surface area contributed by atoms with Crippen LogP contribution in [-0.2, 0) is 19.0 Å². The maximum Gasteiger partial charge on any atom is 0.347 e. The molecule has 5 nitrogen and oxygen atoms in total. The fraction of sp³-hybridized carbons (Fsp3) is 0.571. The average Bonchev–Trinajstić information content (AvgIpc) is 2.67. The number of hydrogen-bond donors (Lipinski definition) is 0. The number of rotatable bonds is 10. The van der Waals surface area contributed by atoms with Crippen molar-refractivity contribution in [2.75, 3.05) is 20.0 Å². The highest BCUT2D eigenvalue weighted by Gasteiger charge is 2.27. The van der Waals surface area contributed by atoms with E-state index in [1.54, 1.807) is 6.92 Å². The van der Waals surface area contributed by atoms with Crippen molar-refractivity contribution in [1.29, 1.82) is 0 Å². The molecule has 144 valence electrons. The van der Waals surface area contributed by atoms with Gasteiger partial charge in [-0.2, -0.15) is 0 Å². The van der Waals surface area contributed by atoms with E-state index in [1.807, 2.05) is 30.3 Å². The molecule has 1 heterocycles. The third-order valence-electron chi connectivity index (χ3n) is 4.29. The largest absolute Gasteiger partial charge is 0.479 e. The van der Waals surface area contributed by atoms with Gasteiger partial charge in [0.05, 0.1) is 6.61 Å². The highest BCUT2D eigenvalue weighted by atomic mass is 16.7. The summed E-state index contributed by atoms with van der Waals surface area (Å²) in [5.41, 5.74) is 0. The van der Waals surface area contributed by atoms with Crippen LogP contribution in [0.15, 0.2) is 42.5 Å². The summed E-state index contributed by atoms with van der Waals surface area (Å²) in [6.07, 6.45) is 8.15. The lowest BCUT2D eigenvalue weighted by Crippen LogP contribution is -2.38. The molecule has 1 aliphatic heterocycles. The molecule has 26 heavy (non-hydrogen) atoms. The second kappa shape index (κ2) is 11.7. The number of para-hydroxylation sites is 1. The molecule has 5 heteroatoms. The van der Waals surface area contributed by atoms with E-state index in [2.05, 4.69) is 19.1 Å². The van der Waals surface area contributed by atoms with Crippen LogP contribution in [0.5, 0.6) is 5.75 Å². The number of carbonyl (C=O) groups excluding carboxylic acids is 1. The molecular formula is C21H30O5. The van der Waals surface area contributed by atoms with Crippen LogP contribution in [0, 0.1) is 5.92 Å². The number of esters is 1. The Kier molecular flexibility index (Phi) is 9.21. The van der Waals surface area contributed by atoms with Gasteiger partial charge in [-0.15, -0.1) is 0 Å². The van der Waals surface area contributed by atoms with E-state index in [0.29, 0.717) is 12.4 Å². The summed E-state index contributed by atoms with van der Waals surface area (Å²) >= 11 is 0. The zero-order valence-corrected chi connectivity index (χ0v) is 15.8. The molecule has 1 saturated heterocycles. The average molecular weight is 362 g/mol. The molecule has 1 aromatic carbocycles. The molecule has 1 aromatic rings. The zero-order chi connectivity index (χ0) is 18.6. The summed E-state index contributed by atoms with van der Waals surface area (Å²) in [5.74, 6) is 0.352. The summed E-state index contributed by atoms with van der Waals surface area (Å²) in [5, 5.41) is 0. The summed E-state index contributed by atoms with van der Waals surface area (Å²) in [4.78, 5) is 12.2. The third kappa shape index (κ3) is 7.18. The number of carbonyl (C=O) groups is 1. The molecule has 1 aliphatic rings. The lowest BCUT2D eigenvalue weighted by Gasteiger charge is -2.29. The minimum absolute atomic E-state index is 0.100. The predicted octanol–water partition coefficient (Wildman–Crippen LogP) is 4.12. The first-order valence-corrected chi connectivity index (χ1v) is 9.45. The van der Waals surface area contributed by atoms with Gasteiger partial charge in [0.15, 0.2) is 6.10 Å². The van der Waals surface area contributed by atoms with E-state index in [4.69, 9.17) is 18.9 Å². The standard InChI is InChI=1S/C21H30O5/c1-3-4-5-6-8-11-18-14-23-16-25-20(18)15-24-21(22)17(2)26-19-12-9-7-10-13-19/h7-13,17-18,20H,3-6,14-16H2,1-2H3/b11-8-/t17-,18-,20-/m0/s1. The van der Waals surface area contributed by atoms with E-state index in [9.17, 15) is 4.79 Å². The zero-order valence-electron chi connectivity index (χ0n) is 15.8. The highest BCUT2D eigenvalue weighted by Crippen LogP contribution is 2.18. The van der Waals surface area contributed by atoms with Crippen molar-refractivity contribution in [1.82, 2.24) is 0 Å². The van der Waals surface area contributed by atoms with Crippen LogP contribution in [0.1, 0.15) is 39.5 Å². The Bertz CT molecular complexity index is 543. The Morgan fingerprint density at radius 1 is 1.31 bits per heavy atom. The quantitative estimate of drug-likeness (QED) is 0.356. The molecule has 3 atom stereocenters. The van der Waals surface area contributed by atoms with Gasteiger partial charge in [0.1, 0.15) is 25.3 Å². The fourth-order valence-corrected chi connectivity index (χ4v) is 2.72. The van der Waals surface area contributed by atoms with Gasteiger partial charge in [0.2, 0.25) is 0 Å². The lowest BCUT2D eigenvalue weighted by molar-refractivity contribution is -0.185. The number of allylic oxidation sites excluding steroid dienone is 1. The van der Waals surface area contributed by atoms with E-state index >= 15 is 0 Å². The second-order valence-corrected chi connectivity index (χ2v) is 6.48. The second-order valence-electron chi connectivity index (χ2n) is 6.48. The van der Waals surface area contributed by atoms with Crippen LogP contribution in [-0.4, -0.2) is 38.2 Å². The molecule has 0 spiro atoms. The first kappa shape index (κ1) is 20.5. The SMILES string of the molecule is CCCCC/C=C\[C@H]1COCO[C@H]1COC(=O)[C@H](C)Oc1ccccc1. The van der Waals surface area contributed by atoms with Crippen LogP contribution >= 0.6 is 0 Å². The summed E-state index contributed by atoms with van der Waals surface area (Å²) in [7, 11) is 0. The first-order chi connectivity index (χ1) is 12.7. The molecule has 0 unspecified atom stereocenters. The van der Waals surface area contributed by atoms with Crippen molar-refractivity contribution >= 4 is 5.97 Å². The van der Waals surface area contributed by atoms with Gasteiger partial charge in [-0.1, -0.05) is 50.1 Å². The van der Waals surface area contributed by atoms with Crippen molar-refractivity contribution in [3.05, 3.63) is 42.5 Å². The topological polar surface area (TPSA) is 54.0 Å². The number of ether oxygens (including phenoxy) is 4. The van der Waals surface area contributed by atoms with Crippen molar-refractivity contribution in [2.24, 2.45) is 5.92 Å². The molecule has 2 rings (SSSR count). The summed E-state index contributed by atoms with van der Waals surface area (Å²) < 4.78 is 22.0. The number of unbranched alkanes of at least 4 members (excludes halogenated alkanes) is 3. The van der Waals surface area contributed by atoms with Crippen LogP contribution < -0.4 is 4.74 Å². The third-order valence-corrected chi connectivity index (χ3v) is 4.29. The fourth-order valence-electron chi connectivity index (χ4n) is 2.72. The van der Waals surface area contributed by atoms with E-state index in [1.165, 1.54) is 19.3 Å². The normalized spacial score (nSPS) is 21.5. The van der Waals surface area contributed by atoms with E-state index in [-0.39, 0.29) is 25.4 Å². The lowest BCUT2D eigenvalue weighted by atomic mass is 10.0. The summed E-state index contributed by atoms with van der Waals surface area (Å²) in [6.45, 7) is 4.90. The van der Waals surface area contributed by atoms with Gasteiger partial charge in [-0.3, -0.25) is 0 Å². The molecule has 1 fully saturated rings. The molecule has 0 bridgehead atoms. The molecule has 0 saturated carbocycles. The van der Waals surface area contributed by atoms with Crippen molar-refractivity contribution in [2.45, 2.75) is 51.7 Å². The van der Waals surface area contributed by atoms with Gasteiger partial charge >= 0.3 is 5.97 Å². The molecule has 0 aliphatic carbocycles. The van der Waals surface area contributed by atoms with Crippen LogP contribution in [0.4, 0.5) is 0 Å². The Balaban J connectivity index is 1.76. The monoisotopic (exact) mass is 362 g/mol. The van der Waals surface area contributed by atoms with Crippen LogP contribution in [0.3, 0.4) is 0 Å². The molecule has 0 radical (unpaired) electrons. The van der Waals surface area contributed by atoms with E-state index < -0.39 is 12.1 Å². The Labute approximate surface area is 156 Å². The maximum absolute atomic E-state index is 12.2. The van der Waals surface area contributed by atoms with E-state index in [0.717, 1.165) is 6.42 Å². The number of benzene rings is 1. The van der Waals surface area contributed by atoms with Crippen molar-refractivity contribution in [3.8, 4) is 5.75 Å². The molecule has 0 aromatic heterocycles. The van der Waals surface area contributed by atoms with Gasteiger partial charge in [0, 0.05) is 5.92 Å². The van der Waals surface area contributed by atoms with Gasteiger partial charge in [-0.05, 0) is 31.9 Å². The summed E-state index contributed by atoms with van der Waals surface area (Å²) in [6, 6.07) is 9.24. The Hall–Kier alpha value is -1.85. The molecule has 0 amide bonds. The predicted molar refractivity (Wildman–Crippen MR) is 100.0 cm³/mol. The minimum Gasteiger partial charge on any atom is -0.479 e. The Morgan fingerprint density at radius 2 is 2.12 bits per heavy atom. The van der Waals surface area contributed by atoms with Gasteiger partial charge < -0.3 is 18.9 Å². The van der Waals surface area contributed by atoms with Crippen molar-refractivity contribution in [3.63, 3.8) is 0 Å². The Morgan fingerprint density at radius 3 is 2.88 bits per heavy atom. The minimum atomic E-state index is -0.666. The number of hydrogen-bond acceptors (Lipinski definition) is 5. The van der Waals surface area contributed by atoms with Crippen molar-refractivity contribution < 1.29 is 23.7 Å².